The molecule has 0 aromatic carbocycles. The van der Waals surface area contributed by atoms with E-state index in [0.717, 1.165) is 0 Å². The van der Waals surface area contributed by atoms with Crippen LogP contribution in [0.1, 0.15) is 0 Å². The Labute approximate surface area is 174 Å². The van der Waals surface area contributed by atoms with Crippen molar-refractivity contribution >= 4 is 0 Å². The number of hydrogen-bond acceptors (Lipinski definition) is 0. The van der Waals surface area contributed by atoms with Gasteiger partial charge in [0.2, 0.25) is 0 Å². The molecule has 0 saturated heterocycles. The van der Waals surface area contributed by atoms with Gasteiger partial charge in [0.1, 0.15) is 0 Å². The van der Waals surface area contributed by atoms with Gasteiger partial charge >= 0.3 is 37.1 Å². The third kappa shape index (κ3) is 170. The van der Waals surface area contributed by atoms with E-state index in [-0.39, 0.29) is 178 Å². The van der Waals surface area contributed by atoms with E-state index in [4.69, 9.17) is 0 Å². The zero-order valence-corrected chi connectivity index (χ0v) is 14.9. The molecule has 0 atom stereocenters. The Balaban J connectivity index is 0. The maximum absolute atomic E-state index is 0. The monoisotopic (exact) mass is 631 g/mol. The van der Waals surface area contributed by atoms with Crippen LogP contribution >= 0.6 is 0 Å². The topological polar surface area (TPSA) is 142 Å². The third-order valence-corrected chi connectivity index (χ3v) is 0. The van der Waals surface area contributed by atoms with Crippen molar-refractivity contribution < 1.29 is 178 Å². The summed E-state index contributed by atoms with van der Waals surface area (Å²) in [5, 5.41) is 0. The summed E-state index contributed by atoms with van der Waals surface area (Å²) in [6.07, 6.45) is 0. The Morgan fingerprint density at radius 2 is 0.385 bits per heavy atom. The maximum atomic E-state index is 0. The largest absolute Gasteiger partial charge is 5.00 e. The number of rotatable bonds is 0. The molecule has 0 rings (SSSR count). The van der Waals surface area contributed by atoms with Crippen LogP contribution in [0.4, 0.5) is 0 Å². The molecule has 13 heavy (non-hydrogen) atoms. The Morgan fingerprint density at radius 3 is 0.385 bits per heavy atom. The van der Waals surface area contributed by atoms with Crippen LogP contribution in [-0.2, 0) is 178 Å². The van der Waals surface area contributed by atoms with E-state index in [0.29, 0.717) is 0 Å². The molecule has 0 unspecified atom stereocenters. The molecule has 98 valence electrons. The van der Waals surface area contributed by atoms with Crippen LogP contribution in [0.2, 0.25) is 0 Å². The summed E-state index contributed by atoms with van der Waals surface area (Å²) >= 11 is 0. The van der Waals surface area contributed by atoms with Crippen molar-refractivity contribution in [3.05, 3.63) is 0 Å². The zero-order chi connectivity index (χ0) is 0. The van der Waals surface area contributed by atoms with Gasteiger partial charge in [-0.25, -0.2) is 0 Å². The molecule has 0 heterocycles. The fourth-order valence-corrected chi connectivity index (χ4v) is 0. The molecule has 0 fully saturated rings. The van der Waals surface area contributed by atoms with Gasteiger partial charge in [-0.1, -0.05) is 0 Å². The predicted molar refractivity (Wildman–Crippen MR) is 3.43 cm³/mol. The van der Waals surface area contributed by atoms with Gasteiger partial charge in [0.25, 0.3) is 0 Å². The van der Waals surface area contributed by atoms with Crippen LogP contribution in [0, 0.1) is 0 Å². The van der Waals surface area contributed by atoms with E-state index in [1.165, 1.54) is 0 Å². The minimum absolute atomic E-state index is 0. The Kier molecular flexibility index (Phi) is 3490. The standard InChI is InChI=1S/2Ag.2Cu.2Mn.5O.2V/q;;;;;;5*-2;2*+5. The molecule has 5 nitrogen and oxygen atoms in total. The SMILES string of the molecule is [Ag].[Ag].[Cu].[Cu].[Mn].[Mn].[O-2].[O-2].[O-2].[O-2].[O-2].[V+5].[V+5]. The van der Waals surface area contributed by atoms with Crippen LogP contribution in [-0.4, -0.2) is 0 Å². The first kappa shape index (κ1) is 234. The minimum Gasteiger partial charge on any atom is -2.00 e. The van der Waals surface area contributed by atoms with Gasteiger partial charge in [-0.15, -0.1) is 0 Å². The average Bonchev–Trinajstić information content (AvgIpc) is 0. The molecule has 0 aromatic rings. The fraction of sp³-hybridized carbons (Fsp3) is 0. The fourth-order valence-electron chi connectivity index (χ4n) is 0. The van der Waals surface area contributed by atoms with E-state index >= 15 is 0 Å². The van der Waals surface area contributed by atoms with Crippen LogP contribution in [0.3, 0.4) is 0 Å². The van der Waals surface area contributed by atoms with Gasteiger partial charge in [0.05, 0.1) is 0 Å². The van der Waals surface area contributed by atoms with Gasteiger partial charge in [0.15, 0.2) is 0 Å². The Morgan fingerprint density at radius 1 is 0.385 bits per heavy atom. The van der Waals surface area contributed by atoms with Crippen molar-refractivity contribution in [1.82, 2.24) is 0 Å². The summed E-state index contributed by atoms with van der Waals surface area (Å²) in [5.74, 6) is 0. The quantitative estimate of drug-likeness (QED) is 0.314. The van der Waals surface area contributed by atoms with E-state index < -0.39 is 0 Å². The molecule has 0 N–H and O–H groups in total. The summed E-state index contributed by atoms with van der Waals surface area (Å²) in [4.78, 5) is 0. The molecular weight excluding hydrogens is 635 g/mol. The molecule has 0 saturated carbocycles. The summed E-state index contributed by atoms with van der Waals surface area (Å²) in [5.41, 5.74) is 0. The van der Waals surface area contributed by atoms with Gasteiger partial charge in [-0.2, -0.15) is 0 Å². The van der Waals surface area contributed by atoms with Gasteiger partial charge in [0, 0.05) is 113 Å². The normalized spacial score (nSPS) is 0. The van der Waals surface area contributed by atoms with Crippen LogP contribution in [0.25, 0.3) is 0 Å². The van der Waals surface area contributed by atoms with Crippen molar-refractivity contribution in [3.63, 3.8) is 0 Å². The van der Waals surface area contributed by atoms with Crippen LogP contribution in [0.15, 0.2) is 0 Å². The van der Waals surface area contributed by atoms with Crippen molar-refractivity contribution in [2.45, 2.75) is 0 Å². The Hall–Kier alpha value is 4.53. The van der Waals surface area contributed by atoms with Crippen molar-refractivity contribution in [1.29, 1.82) is 0 Å². The van der Waals surface area contributed by atoms with Gasteiger partial charge < -0.3 is 27.4 Å². The van der Waals surface area contributed by atoms with Crippen LogP contribution < -0.4 is 0 Å². The molecule has 13 heteroatoms. The second-order valence-electron chi connectivity index (χ2n) is 0. The molecule has 0 amide bonds. The summed E-state index contributed by atoms with van der Waals surface area (Å²) in [6.45, 7) is 0. The summed E-state index contributed by atoms with van der Waals surface area (Å²) in [6, 6.07) is 0. The molecule has 0 aliphatic carbocycles. The van der Waals surface area contributed by atoms with Crippen molar-refractivity contribution in [2.24, 2.45) is 0 Å². The molecule has 6 radical (unpaired) electrons. The Bertz CT molecular complexity index is 28.5. The second-order valence-corrected chi connectivity index (χ2v) is 0. The van der Waals surface area contributed by atoms with Crippen LogP contribution in [0.5, 0.6) is 0 Å². The first-order valence-corrected chi connectivity index (χ1v) is 0. The first-order chi connectivity index (χ1) is 0. The molecule has 0 aromatic heterocycles. The molecule has 0 spiro atoms. The minimum atomic E-state index is 0. The van der Waals surface area contributed by atoms with Gasteiger partial charge in [-0.3, -0.25) is 0 Å². The second kappa shape index (κ2) is 194. The smallest absolute Gasteiger partial charge is 2.00 e. The molecule has 0 aliphatic heterocycles. The zero-order valence-electron chi connectivity index (χ0n) is 4.90. The molecular formula is Ag2Cu2Mn2O5V2. The maximum Gasteiger partial charge on any atom is 5.00 e. The van der Waals surface area contributed by atoms with E-state index in [1.807, 2.05) is 0 Å². The van der Waals surface area contributed by atoms with E-state index in [2.05, 4.69) is 0 Å². The molecule has 0 bridgehead atoms. The van der Waals surface area contributed by atoms with E-state index in [9.17, 15) is 0 Å². The first-order valence-electron chi connectivity index (χ1n) is 0. The van der Waals surface area contributed by atoms with Crippen molar-refractivity contribution in [2.75, 3.05) is 0 Å². The predicted octanol–water partition coefficient (Wildman–Crippen LogP) is -0.614. The third-order valence-electron chi connectivity index (χ3n) is 0. The summed E-state index contributed by atoms with van der Waals surface area (Å²) < 4.78 is 0. The molecule has 0 aliphatic rings. The van der Waals surface area contributed by atoms with Crippen molar-refractivity contribution in [3.8, 4) is 0 Å². The average molecular weight is 635 g/mol. The van der Waals surface area contributed by atoms with Gasteiger partial charge in [-0.05, 0) is 0 Å². The summed E-state index contributed by atoms with van der Waals surface area (Å²) in [7, 11) is 0. The number of hydrogen-bond donors (Lipinski definition) is 0. The van der Waals surface area contributed by atoms with E-state index in [1.54, 1.807) is 0 Å².